The summed E-state index contributed by atoms with van der Waals surface area (Å²) in [7, 11) is -15.6. The predicted molar refractivity (Wildman–Crippen MR) is 114 cm³/mol. The Kier molecular flexibility index (Phi) is 9.59. The van der Waals surface area contributed by atoms with Crippen LogP contribution < -0.4 is 10.5 Å². The van der Waals surface area contributed by atoms with Crippen molar-refractivity contribution in [1.29, 1.82) is 0 Å². The summed E-state index contributed by atoms with van der Waals surface area (Å²) in [5.41, 5.74) is -6.81. The Bertz CT molecular complexity index is 1290. The minimum atomic E-state index is -6.15. The molecule has 0 fully saturated rings. The molecular weight excluding hydrogens is 529 g/mol. The molecule has 0 bridgehead atoms. The van der Waals surface area contributed by atoms with E-state index in [4.69, 9.17) is 14.8 Å². The van der Waals surface area contributed by atoms with E-state index in [0.29, 0.717) is 12.1 Å². The SMILES string of the molecule is NS(=O)(=O)c1ccc(NC(CC(=O)O)CS(=O)(=O)O)c(S(=O)(=O)C(F)(F)F)c1.c1ccccc1. The van der Waals surface area contributed by atoms with E-state index >= 15 is 0 Å². The number of aliphatic carboxylic acids is 1. The molecule has 0 radical (unpaired) electrons. The van der Waals surface area contributed by atoms with Crippen LogP contribution in [0.15, 0.2) is 64.4 Å². The van der Waals surface area contributed by atoms with Gasteiger partial charge in [-0.15, -0.1) is 0 Å². The van der Waals surface area contributed by atoms with Gasteiger partial charge in [-0.05, 0) is 18.2 Å². The Hall–Kier alpha value is -2.73. The number of hydrogen-bond acceptors (Lipinski definition) is 8. The lowest BCUT2D eigenvalue weighted by atomic mass is 10.2. The number of sulfonamides is 1. The molecule has 0 aliphatic carbocycles. The highest BCUT2D eigenvalue weighted by molar-refractivity contribution is 7.92. The molecule has 0 aliphatic heterocycles. The van der Waals surface area contributed by atoms with E-state index < -0.39 is 75.2 Å². The van der Waals surface area contributed by atoms with Gasteiger partial charge in [0.15, 0.2) is 0 Å². The van der Waals surface area contributed by atoms with Crippen LogP contribution in [0.1, 0.15) is 6.42 Å². The molecule has 34 heavy (non-hydrogen) atoms. The third-order valence-corrected chi connectivity index (χ3v) is 7.00. The largest absolute Gasteiger partial charge is 0.501 e. The Morgan fingerprint density at radius 1 is 0.971 bits per heavy atom. The number of carboxylic acid groups (broad SMARTS) is 1. The average Bonchev–Trinajstić information content (AvgIpc) is 2.66. The lowest BCUT2D eigenvalue weighted by molar-refractivity contribution is -0.137. The number of nitrogens with two attached hydrogens (primary N) is 1. The van der Waals surface area contributed by atoms with E-state index in [-0.39, 0.29) is 6.07 Å². The smallest absolute Gasteiger partial charge is 0.481 e. The van der Waals surface area contributed by atoms with Gasteiger partial charge in [-0.2, -0.15) is 21.6 Å². The normalized spacial score (nSPS) is 13.3. The molecule has 1 atom stereocenters. The van der Waals surface area contributed by atoms with Crippen LogP contribution in [-0.2, 0) is 34.8 Å². The summed E-state index contributed by atoms with van der Waals surface area (Å²) in [6.07, 6.45) is -1.04. The van der Waals surface area contributed by atoms with E-state index in [1.165, 1.54) is 0 Å². The molecule has 17 heteroatoms. The molecule has 1 unspecified atom stereocenters. The zero-order valence-corrected chi connectivity index (χ0v) is 19.3. The maximum Gasteiger partial charge on any atom is 0.501 e. The minimum Gasteiger partial charge on any atom is -0.481 e. The maximum absolute atomic E-state index is 12.9. The van der Waals surface area contributed by atoms with Crippen molar-refractivity contribution in [2.45, 2.75) is 27.8 Å². The highest BCUT2D eigenvalue weighted by atomic mass is 32.2. The standard InChI is InChI=1S/C11H13F3N2O9S3.C6H6/c12-11(13,14)27(22,23)9-4-7(28(15,24)25)1-2-8(9)16-6(3-10(17)18)5-26(19,20)21;1-2-4-6-5-3-1/h1-2,4,6,16H,3,5H2,(H,17,18)(H2,15,24,25)(H,19,20,21);1-6H. The lowest BCUT2D eigenvalue weighted by Gasteiger charge is -2.20. The average molecular weight is 549 g/mol. The van der Waals surface area contributed by atoms with Crippen LogP contribution >= 0.6 is 0 Å². The molecule has 0 heterocycles. The molecule has 5 N–H and O–H groups in total. The summed E-state index contributed by atoms with van der Waals surface area (Å²) in [6.45, 7) is 0. The fraction of sp³-hybridized carbons (Fsp3) is 0.235. The Balaban J connectivity index is 0.000000830. The lowest BCUT2D eigenvalue weighted by Crippen LogP contribution is -2.32. The molecule has 2 rings (SSSR count). The molecule has 2 aromatic rings. The first-order chi connectivity index (χ1) is 15.3. The fourth-order valence-electron chi connectivity index (χ4n) is 2.37. The first kappa shape index (κ1) is 29.3. The molecule has 0 saturated carbocycles. The van der Waals surface area contributed by atoms with Crippen LogP contribution in [0.2, 0.25) is 0 Å². The van der Waals surface area contributed by atoms with Crippen LogP contribution in [0.4, 0.5) is 18.9 Å². The Morgan fingerprint density at radius 3 is 1.79 bits per heavy atom. The van der Waals surface area contributed by atoms with Crippen molar-refractivity contribution in [3.63, 3.8) is 0 Å². The first-order valence-electron chi connectivity index (χ1n) is 8.76. The third-order valence-electron chi connectivity index (χ3n) is 3.73. The molecule has 11 nitrogen and oxygen atoms in total. The van der Waals surface area contributed by atoms with Crippen molar-refractivity contribution in [3.8, 4) is 0 Å². The van der Waals surface area contributed by atoms with Crippen LogP contribution in [0, 0.1) is 0 Å². The van der Waals surface area contributed by atoms with Gasteiger partial charge in [0, 0.05) is 0 Å². The van der Waals surface area contributed by atoms with Crippen molar-refractivity contribution < 1.29 is 52.9 Å². The second kappa shape index (κ2) is 11.1. The van der Waals surface area contributed by atoms with Gasteiger partial charge in [0.1, 0.15) is 4.90 Å². The minimum absolute atomic E-state index is 0.0891. The van der Waals surface area contributed by atoms with Gasteiger partial charge < -0.3 is 10.4 Å². The molecular formula is C17H19F3N2O9S3. The quantitative estimate of drug-likeness (QED) is 0.350. The van der Waals surface area contributed by atoms with Crippen molar-refractivity contribution in [3.05, 3.63) is 54.6 Å². The molecule has 0 aliphatic rings. The van der Waals surface area contributed by atoms with Crippen LogP contribution in [0.25, 0.3) is 0 Å². The third kappa shape index (κ3) is 9.26. The van der Waals surface area contributed by atoms with Gasteiger partial charge >= 0.3 is 11.5 Å². The Labute approximate surface area is 193 Å². The van der Waals surface area contributed by atoms with E-state index in [1.54, 1.807) is 0 Å². The number of halogens is 3. The number of alkyl halides is 3. The molecule has 0 saturated heterocycles. The summed E-state index contributed by atoms with van der Waals surface area (Å²) < 4.78 is 116. The first-order valence-corrected chi connectivity index (χ1v) is 13.4. The monoisotopic (exact) mass is 548 g/mol. The number of anilines is 1. The second-order valence-electron chi connectivity index (χ2n) is 6.49. The van der Waals surface area contributed by atoms with Gasteiger partial charge in [-0.1, -0.05) is 36.4 Å². The van der Waals surface area contributed by atoms with E-state index in [0.717, 1.165) is 0 Å². The molecule has 0 spiro atoms. The number of hydrogen-bond donors (Lipinski definition) is 4. The van der Waals surface area contributed by atoms with Crippen LogP contribution in [-0.4, -0.2) is 58.2 Å². The molecule has 190 valence electrons. The summed E-state index contributed by atoms with van der Waals surface area (Å²) in [4.78, 5) is 8.18. The zero-order valence-electron chi connectivity index (χ0n) is 16.9. The van der Waals surface area contributed by atoms with Crippen molar-refractivity contribution in [1.82, 2.24) is 0 Å². The number of nitrogens with one attached hydrogen (secondary N) is 1. The summed E-state index contributed by atoms with van der Waals surface area (Å²) in [6, 6.07) is 11.5. The fourth-order valence-corrected chi connectivity index (χ4v) is 4.64. The van der Waals surface area contributed by atoms with Crippen molar-refractivity contribution >= 4 is 41.6 Å². The number of carbonyl (C=O) groups is 1. The number of primary sulfonamides is 1. The molecule has 0 amide bonds. The van der Waals surface area contributed by atoms with Crippen LogP contribution in [0.5, 0.6) is 0 Å². The van der Waals surface area contributed by atoms with E-state index in [1.807, 2.05) is 41.7 Å². The van der Waals surface area contributed by atoms with Crippen molar-refractivity contribution in [2.24, 2.45) is 5.14 Å². The molecule has 2 aromatic carbocycles. The summed E-state index contributed by atoms with van der Waals surface area (Å²) >= 11 is 0. The van der Waals surface area contributed by atoms with E-state index in [2.05, 4.69) is 0 Å². The number of rotatable bonds is 8. The number of carboxylic acids is 1. The second-order valence-corrected chi connectivity index (χ2v) is 11.5. The molecule has 0 aromatic heterocycles. The summed E-state index contributed by atoms with van der Waals surface area (Å²) in [5, 5.41) is 15.5. The highest BCUT2D eigenvalue weighted by Crippen LogP contribution is 2.36. The van der Waals surface area contributed by atoms with Gasteiger partial charge in [-0.25, -0.2) is 22.0 Å². The Morgan fingerprint density at radius 2 is 1.44 bits per heavy atom. The predicted octanol–water partition coefficient (Wildman–Crippen LogP) is 1.46. The van der Waals surface area contributed by atoms with Crippen molar-refractivity contribution in [2.75, 3.05) is 11.1 Å². The van der Waals surface area contributed by atoms with Gasteiger partial charge in [0.05, 0.1) is 28.8 Å². The topological polar surface area (TPSA) is 198 Å². The number of sulfone groups is 1. The maximum atomic E-state index is 12.9. The zero-order chi connectivity index (χ0) is 26.4. The van der Waals surface area contributed by atoms with E-state index in [9.17, 15) is 43.2 Å². The van der Waals surface area contributed by atoms with Gasteiger partial charge in [-0.3, -0.25) is 9.35 Å². The number of benzene rings is 2. The summed E-state index contributed by atoms with van der Waals surface area (Å²) in [5.74, 6) is -2.91. The van der Waals surface area contributed by atoms with Crippen LogP contribution in [0.3, 0.4) is 0 Å². The van der Waals surface area contributed by atoms with Gasteiger partial charge in [0.2, 0.25) is 10.0 Å². The van der Waals surface area contributed by atoms with Gasteiger partial charge in [0.25, 0.3) is 20.0 Å². The highest BCUT2D eigenvalue weighted by Gasteiger charge is 2.48.